The third-order valence-corrected chi connectivity index (χ3v) is 1.87. The first-order valence-electron chi connectivity index (χ1n) is 4.29. The zero-order valence-electron chi connectivity index (χ0n) is 7.97. The van der Waals surface area contributed by atoms with Crippen LogP contribution in [0.5, 0.6) is 0 Å². The fourth-order valence-electron chi connectivity index (χ4n) is 1.09. The second kappa shape index (κ2) is 5.94. The molecular weight excluding hydrogens is 208 g/mol. The van der Waals surface area contributed by atoms with Crippen molar-refractivity contribution in [2.24, 2.45) is 5.73 Å². The Morgan fingerprint density at radius 2 is 1.93 bits per heavy atom. The first-order chi connectivity index (χ1) is 6.09. The summed E-state index contributed by atoms with van der Waals surface area (Å²) in [6.45, 7) is 1.89. The fraction of sp³-hybridized carbons (Fsp3) is 0.400. The highest BCUT2D eigenvalue weighted by molar-refractivity contribution is 5.85. The molecule has 0 aromatic heterocycles. The number of rotatable bonds is 3. The minimum atomic E-state index is -0.801. The highest BCUT2D eigenvalue weighted by Crippen LogP contribution is 2.10. The molecule has 1 atom stereocenters. The molecule has 0 saturated carbocycles. The quantitative estimate of drug-likeness (QED) is 0.835. The highest BCUT2D eigenvalue weighted by Gasteiger charge is 2.02. The molecule has 0 radical (unpaired) electrons. The third-order valence-electron chi connectivity index (χ3n) is 1.87. The van der Waals surface area contributed by atoms with Crippen LogP contribution in [0.15, 0.2) is 18.2 Å². The molecule has 1 aromatic rings. The Bertz CT molecular complexity index is 289. The lowest BCUT2D eigenvalue weighted by atomic mass is 10.1. The van der Waals surface area contributed by atoms with Gasteiger partial charge in [-0.05, 0) is 37.5 Å². The fourth-order valence-corrected chi connectivity index (χ4v) is 1.09. The van der Waals surface area contributed by atoms with Gasteiger partial charge in [-0.2, -0.15) is 0 Å². The van der Waals surface area contributed by atoms with Crippen LogP contribution in [-0.4, -0.2) is 6.04 Å². The Morgan fingerprint density at radius 3 is 2.43 bits per heavy atom. The van der Waals surface area contributed by atoms with Gasteiger partial charge in [0.15, 0.2) is 11.6 Å². The SMILES string of the molecule is CC(N)CCc1ccc(F)c(F)c1.Cl. The zero-order valence-corrected chi connectivity index (χ0v) is 8.78. The molecule has 0 aliphatic rings. The molecular formula is C10H14ClF2N. The molecule has 80 valence electrons. The normalized spacial score (nSPS) is 12.0. The molecule has 1 aromatic carbocycles. The summed E-state index contributed by atoms with van der Waals surface area (Å²) in [5.41, 5.74) is 6.33. The molecule has 0 spiro atoms. The minimum absolute atomic E-state index is 0. The van der Waals surface area contributed by atoms with Crippen molar-refractivity contribution in [2.45, 2.75) is 25.8 Å². The first kappa shape index (κ1) is 13.3. The van der Waals surface area contributed by atoms with E-state index >= 15 is 0 Å². The van der Waals surface area contributed by atoms with Gasteiger partial charge in [0.25, 0.3) is 0 Å². The van der Waals surface area contributed by atoms with Crippen molar-refractivity contribution in [1.29, 1.82) is 0 Å². The Kier molecular flexibility index (Phi) is 5.65. The first-order valence-corrected chi connectivity index (χ1v) is 4.29. The topological polar surface area (TPSA) is 26.0 Å². The maximum absolute atomic E-state index is 12.7. The van der Waals surface area contributed by atoms with Crippen molar-refractivity contribution in [3.8, 4) is 0 Å². The van der Waals surface area contributed by atoms with Crippen LogP contribution in [0.2, 0.25) is 0 Å². The second-order valence-electron chi connectivity index (χ2n) is 3.26. The Hall–Kier alpha value is -0.670. The molecule has 0 saturated heterocycles. The maximum atomic E-state index is 12.7. The molecule has 0 amide bonds. The van der Waals surface area contributed by atoms with Crippen molar-refractivity contribution in [2.75, 3.05) is 0 Å². The van der Waals surface area contributed by atoms with E-state index in [1.165, 1.54) is 6.07 Å². The van der Waals surface area contributed by atoms with Gasteiger partial charge in [0.2, 0.25) is 0 Å². The average Bonchev–Trinajstić information content (AvgIpc) is 2.07. The van der Waals surface area contributed by atoms with Gasteiger partial charge in [-0.1, -0.05) is 6.07 Å². The van der Waals surface area contributed by atoms with Gasteiger partial charge in [-0.15, -0.1) is 12.4 Å². The Labute approximate surface area is 88.7 Å². The molecule has 14 heavy (non-hydrogen) atoms. The number of benzene rings is 1. The van der Waals surface area contributed by atoms with Crippen LogP contribution < -0.4 is 5.73 Å². The average molecular weight is 222 g/mol. The number of nitrogens with two attached hydrogens (primary N) is 1. The van der Waals surface area contributed by atoms with Gasteiger partial charge in [-0.25, -0.2) is 8.78 Å². The molecule has 0 fully saturated rings. The van der Waals surface area contributed by atoms with E-state index in [2.05, 4.69) is 0 Å². The van der Waals surface area contributed by atoms with Crippen LogP contribution in [0.3, 0.4) is 0 Å². The van der Waals surface area contributed by atoms with Gasteiger partial charge >= 0.3 is 0 Å². The van der Waals surface area contributed by atoms with Crippen molar-refractivity contribution in [3.63, 3.8) is 0 Å². The van der Waals surface area contributed by atoms with E-state index in [0.717, 1.165) is 18.1 Å². The predicted octanol–water partition coefficient (Wildman–Crippen LogP) is 2.67. The summed E-state index contributed by atoms with van der Waals surface area (Å²) in [7, 11) is 0. The zero-order chi connectivity index (χ0) is 9.84. The summed E-state index contributed by atoms with van der Waals surface area (Å²) in [5, 5.41) is 0. The molecule has 2 N–H and O–H groups in total. The molecule has 0 aliphatic heterocycles. The summed E-state index contributed by atoms with van der Waals surface area (Å²) < 4.78 is 25.2. The molecule has 0 heterocycles. The minimum Gasteiger partial charge on any atom is -0.328 e. The van der Waals surface area contributed by atoms with Gasteiger partial charge < -0.3 is 5.73 Å². The largest absolute Gasteiger partial charge is 0.328 e. The van der Waals surface area contributed by atoms with Crippen LogP contribution in [0.4, 0.5) is 8.78 Å². The summed E-state index contributed by atoms with van der Waals surface area (Å²) in [5.74, 6) is -1.59. The summed E-state index contributed by atoms with van der Waals surface area (Å²) >= 11 is 0. The lowest BCUT2D eigenvalue weighted by Crippen LogP contribution is -2.15. The van der Waals surface area contributed by atoms with Crippen molar-refractivity contribution >= 4 is 12.4 Å². The van der Waals surface area contributed by atoms with Gasteiger partial charge in [0.05, 0.1) is 0 Å². The van der Waals surface area contributed by atoms with E-state index in [1.54, 1.807) is 6.07 Å². The summed E-state index contributed by atoms with van der Waals surface area (Å²) in [6.07, 6.45) is 1.47. The van der Waals surface area contributed by atoms with Crippen LogP contribution in [0, 0.1) is 11.6 Å². The van der Waals surface area contributed by atoms with E-state index in [1.807, 2.05) is 6.92 Å². The standard InChI is InChI=1S/C10H13F2N.ClH/c1-7(13)2-3-8-4-5-9(11)10(12)6-8;/h4-7H,2-3,13H2,1H3;1H. The second-order valence-corrected chi connectivity index (χ2v) is 3.26. The summed E-state index contributed by atoms with van der Waals surface area (Å²) in [6, 6.07) is 4.04. The Balaban J connectivity index is 0.00000169. The van der Waals surface area contributed by atoms with Crippen molar-refractivity contribution < 1.29 is 8.78 Å². The number of hydrogen-bond acceptors (Lipinski definition) is 1. The Morgan fingerprint density at radius 1 is 1.29 bits per heavy atom. The number of aryl methyl sites for hydroxylation is 1. The molecule has 0 aliphatic carbocycles. The van der Waals surface area contributed by atoms with Crippen LogP contribution in [0.25, 0.3) is 0 Å². The monoisotopic (exact) mass is 221 g/mol. The van der Waals surface area contributed by atoms with E-state index in [0.29, 0.717) is 6.42 Å². The maximum Gasteiger partial charge on any atom is 0.159 e. The van der Waals surface area contributed by atoms with E-state index in [4.69, 9.17) is 5.73 Å². The smallest absolute Gasteiger partial charge is 0.159 e. The van der Waals surface area contributed by atoms with Gasteiger partial charge in [0.1, 0.15) is 0 Å². The van der Waals surface area contributed by atoms with Gasteiger partial charge in [0, 0.05) is 6.04 Å². The molecule has 0 bridgehead atoms. The van der Waals surface area contributed by atoms with Crippen LogP contribution >= 0.6 is 12.4 Å². The van der Waals surface area contributed by atoms with Gasteiger partial charge in [-0.3, -0.25) is 0 Å². The van der Waals surface area contributed by atoms with E-state index in [-0.39, 0.29) is 18.4 Å². The summed E-state index contributed by atoms with van der Waals surface area (Å²) in [4.78, 5) is 0. The lowest BCUT2D eigenvalue weighted by molar-refractivity contribution is 0.506. The highest BCUT2D eigenvalue weighted by atomic mass is 35.5. The van der Waals surface area contributed by atoms with Crippen molar-refractivity contribution in [1.82, 2.24) is 0 Å². The van der Waals surface area contributed by atoms with Crippen molar-refractivity contribution in [3.05, 3.63) is 35.4 Å². The molecule has 1 nitrogen and oxygen atoms in total. The molecule has 1 unspecified atom stereocenters. The van der Waals surface area contributed by atoms with E-state index in [9.17, 15) is 8.78 Å². The lowest BCUT2D eigenvalue weighted by Gasteiger charge is -2.04. The number of hydrogen-bond donors (Lipinski definition) is 1. The van der Waals surface area contributed by atoms with Crippen LogP contribution in [-0.2, 0) is 6.42 Å². The third kappa shape index (κ3) is 4.03. The molecule has 4 heteroatoms. The molecule has 1 rings (SSSR count). The van der Waals surface area contributed by atoms with E-state index < -0.39 is 11.6 Å². The number of halogens is 3. The predicted molar refractivity (Wildman–Crippen MR) is 55.6 cm³/mol. The van der Waals surface area contributed by atoms with Crippen LogP contribution in [0.1, 0.15) is 18.9 Å².